The molecule has 0 bridgehead atoms. The highest BCUT2D eigenvalue weighted by atomic mass is 32.2. The average Bonchev–Trinajstić information content (AvgIpc) is 2.88. The third-order valence-electron chi connectivity index (χ3n) is 4.67. The van der Waals surface area contributed by atoms with E-state index < -0.39 is 15.9 Å². The summed E-state index contributed by atoms with van der Waals surface area (Å²) in [7, 11) is -3.83. The van der Waals surface area contributed by atoms with E-state index in [1.54, 1.807) is 12.1 Å². The number of aryl methyl sites for hydroxylation is 1. The lowest BCUT2D eigenvalue weighted by atomic mass is 10.2. The molecule has 8 heteroatoms. The molecule has 0 radical (unpaired) electrons. The molecule has 2 aromatic carbocycles. The summed E-state index contributed by atoms with van der Waals surface area (Å²) in [6.45, 7) is 4.08. The largest absolute Gasteiger partial charge is 0.491 e. The normalized spacial score (nSPS) is 15.7. The van der Waals surface area contributed by atoms with Gasteiger partial charge >= 0.3 is 0 Å². The van der Waals surface area contributed by atoms with E-state index in [4.69, 9.17) is 4.74 Å². The van der Waals surface area contributed by atoms with E-state index in [9.17, 15) is 18.0 Å². The molecular formula is C21H24N2O5S. The number of nitrogens with zero attached hydrogens (tertiary/aromatic N) is 1. The van der Waals surface area contributed by atoms with Crippen molar-refractivity contribution < 1.29 is 22.7 Å². The van der Waals surface area contributed by atoms with Crippen molar-refractivity contribution in [2.45, 2.75) is 37.6 Å². The third kappa shape index (κ3) is 4.59. The Balaban J connectivity index is 1.46. The monoisotopic (exact) mass is 416 g/mol. The van der Waals surface area contributed by atoms with Crippen molar-refractivity contribution >= 4 is 21.8 Å². The number of fused-ring (bicyclic) bond motifs is 1. The van der Waals surface area contributed by atoms with Crippen molar-refractivity contribution in [3.8, 4) is 5.75 Å². The fourth-order valence-electron chi connectivity index (χ4n) is 3.16. The number of carbonyl (C=O) groups excluding carboxylic acids is 2. The van der Waals surface area contributed by atoms with Crippen LogP contribution in [0.5, 0.6) is 5.75 Å². The molecule has 0 unspecified atom stereocenters. The van der Waals surface area contributed by atoms with Gasteiger partial charge in [0.25, 0.3) is 15.9 Å². The first-order chi connectivity index (χ1) is 13.8. The smallest absolute Gasteiger partial charge is 0.269 e. The number of carbonyl (C=O) groups is 2. The molecule has 1 aliphatic rings. The summed E-state index contributed by atoms with van der Waals surface area (Å²) in [5.41, 5.74) is 1.20. The van der Waals surface area contributed by atoms with Crippen molar-refractivity contribution in [1.82, 2.24) is 9.62 Å². The Hall–Kier alpha value is -2.87. The fraction of sp³-hybridized carbons (Fsp3) is 0.333. The van der Waals surface area contributed by atoms with E-state index >= 15 is 0 Å². The average molecular weight is 416 g/mol. The first-order valence-electron chi connectivity index (χ1n) is 9.44. The lowest BCUT2D eigenvalue weighted by Gasteiger charge is -2.17. The summed E-state index contributed by atoms with van der Waals surface area (Å²) >= 11 is 0. The van der Waals surface area contributed by atoms with Gasteiger partial charge in [0.1, 0.15) is 17.3 Å². The predicted octanol–water partition coefficient (Wildman–Crippen LogP) is 2.50. The zero-order valence-electron chi connectivity index (χ0n) is 16.4. The van der Waals surface area contributed by atoms with E-state index in [-0.39, 0.29) is 41.8 Å². The van der Waals surface area contributed by atoms with Crippen molar-refractivity contribution in [2.75, 3.05) is 13.2 Å². The highest BCUT2D eigenvalue weighted by Gasteiger charge is 2.40. The SMILES string of the molecule is Cc1ccccc1OC[C@H](C)NC(=O)CCCN1C(=O)c2ccccc2S1(=O)=O. The highest BCUT2D eigenvalue weighted by molar-refractivity contribution is 7.90. The minimum Gasteiger partial charge on any atom is -0.491 e. The van der Waals surface area contributed by atoms with E-state index in [0.717, 1.165) is 15.6 Å². The van der Waals surface area contributed by atoms with Gasteiger partial charge in [0, 0.05) is 13.0 Å². The molecule has 0 saturated heterocycles. The van der Waals surface area contributed by atoms with Gasteiger partial charge in [-0.05, 0) is 44.0 Å². The predicted molar refractivity (Wildman–Crippen MR) is 108 cm³/mol. The van der Waals surface area contributed by atoms with Crippen LogP contribution in [0.3, 0.4) is 0 Å². The topological polar surface area (TPSA) is 92.8 Å². The first kappa shape index (κ1) is 20.9. The molecule has 0 fully saturated rings. The summed E-state index contributed by atoms with van der Waals surface area (Å²) < 4.78 is 31.5. The maximum Gasteiger partial charge on any atom is 0.269 e. The molecule has 2 amide bonds. The first-order valence-corrected chi connectivity index (χ1v) is 10.9. The number of hydrogen-bond donors (Lipinski definition) is 1. The van der Waals surface area contributed by atoms with Crippen LogP contribution in [-0.2, 0) is 14.8 Å². The summed E-state index contributed by atoms with van der Waals surface area (Å²) in [6.07, 6.45) is 0.362. The van der Waals surface area contributed by atoms with Crippen LogP contribution in [0.1, 0.15) is 35.7 Å². The quantitative estimate of drug-likeness (QED) is 0.714. The Labute approximate surface area is 170 Å². The molecule has 2 aromatic rings. The fourth-order valence-corrected chi connectivity index (χ4v) is 4.76. The van der Waals surface area contributed by atoms with Crippen molar-refractivity contribution in [1.29, 1.82) is 0 Å². The zero-order valence-corrected chi connectivity index (χ0v) is 17.2. The summed E-state index contributed by atoms with van der Waals surface area (Å²) in [6, 6.07) is 13.6. The summed E-state index contributed by atoms with van der Waals surface area (Å²) in [5.74, 6) is 0.0133. The highest BCUT2D eigenvalue weighted by Crippen LogP contribution is 2.29. The molecule has 154 valence electrons. The summed E-state index contributed by atoms with van der Waals surface area (Å²) in [4.78, 5) is 24.5. The van der Waals surface area contributed by atoms with Gasteiger partial charge in [-0.25, -0.2) is 12.7 Å². The number of rotatable bonds is 8. The van der Waals surface area contributed by atoms with E-state index in [1.165, 1.54) is 12.1 Å². The van der Waals surface area contributed by atoms with Crippen LogP contribution in [0.25, 0.3) is 0 Å². The number of amides is 2. The van der Waals surface area contributed by atoms with Gasteiger partial charge in [-0.1, -0.05) is 30.3 Å². The molecule has 1 heterocycles. The molecule has 1 atom stereocenters. The van der Waals surface area contributed by atoms with Gasteiger partial charge in [0.15, 0.2) is 0 Å². The molecule has 1 N–H and O–H groups in total. The molecule has 29 heavy (non-hydrogen) atoms. The second-order valence-corrected chi connectivity index (χ2v) is 8.86. The number of hydrogen-bond acceptors (Lipinski definition) is 5. The van der Waals surface area contributed by atoms with E-state index in [1.807, 2.05) is 38.1 Å². The van der Waals surface area contributed by atoms with Crippen LogP contribution < -0.4 is 10.1 Å². The number of benzene rings is 2. The Morgan fingerprint density at radius 2 is 1.83 bits per heavy atom. The molecule has 3 rings (SSSR count). The Kier molecular flexibility index (Phi) is 6.22. The van der Waals surface area contributed by atoms with Gasteiger partial charge in [-0.15, -0.1) is 0 Å². The van der Waals surface area contributed by atoms with Crippen molar-refractivity contribution in [2.24, 2.45) is 0 Å². The number of nitrogens with one attached hydrogen (secondary N) is 1. The molecule has 1 aliphatic heterocycles. The molecule has 0 aliphatic carbocycles. The zero-order chi connectivity index (χ0) is 21.0. The number of sulfonamides is 1. The molecule has 7 nitrogen and oxygen atoms in total. The Morgan fingerprint density at radius 1 is 1.14 bits per heavy atom. The molecule has 0 spiro atoms. The minimum atomic E-state index is -3.83. The molecule has 0 saturated carbocycles. The van der Waals surface area contributed by atoms with Crippen LogP contribution in [0.4, 0.5) is 0 Å². The summed E-state index contributed by atoms with van der Waals surface area (Å²) in [5, 5.41) is 2.83. The van der Waals surface area contributed by atoms with Gasteiger partial charge < -0.3 is 10.1 Å². The van der Waals surface area contributed by atoms with Crippen LogP contribution in [0.2, 0.25) is 0 Å². The van der Waals surface area contributed by atoms with Gasteiger partial charge in [0.05, 0.1) is 11.6 Å². The van der Waals surface area contributed by atoms with Crippen molar-refractivity contribution in [3.63, 3.8) is 0 Å². The standard InChI is InChI=1S/C21H24N2O5S/c1-15-8-3-5-10-18(15)28-14-16(2)22-20(24)12-7-13-23-21(25)17-9-4-6-11-19(17)29(23,26)27/h3-6,8-11,16H,7,12-14H2,1-2H3,(H,22,24)/t16-/m0/s1. The van der Waals surface area contributed by atoms with Crippen LogP contribution in [0, 0.1) is 6.92 Å². The number of ether oxygens (including phenoxy) is 1. The van der Waals surface area contributed by atoms with E-state index in [2.05, 4.69) is 5.32 Å². The lowest BCUT2D eigenvalue weighted by Crippen LogP contribution is -2.37. The van der Waals surface area contributed by atoms with E-state index in [0.29, 0.717) is 6.61 Å². The van der Waals surface area contributed by atoms with Crippen LogP contribution in [-0.4, -0.2) is 43.7 Å². The van der Waals surface area contributed by atoms with Crippen LogP contribution in [0.15, 0.2) is 53.4 Å². The van der Waals surface area contributed by atoms with Crippen molar-refractivity contribution in [3.05, 3.63) is 59.7 Å². The second-order valence-electron chi connectivity index (χ2n) is 7.03. The second kappa shape index (κ2) is 8.65. The molecular weight excluding hydrogens is 392 g/mol. The van der Waals surface area contributed by atoms with Gasteiger partial charge in [-0.3, -0.25) is 9.59 Å². The maximum atomic E-state index is 12.5. The van der Waals surface area contributed by atoms with Gasteiger partial charge in [-0.2, -0.15) is 0 Å². The molecule has 0 aromatic heterocycles. The van der Waals surface area contributed by atoms with Gasteiger partial charge in [0.2, 0.25) is 5.91 Å². The lowest BCUT2D eigenvalue weighted by molar-refractivity contribution is -0.122. The van der Waals surface area contributed by atoms with Crippen LogP contribution >= 0.6 is 0 Å². The minimum absolute atomic E-state index is 0.0245. The maximum absolute atomic E-state index is 12.5. The Bertz CT molecular complexity index is 1020. The number of para-hydroxylation sites is 1. The third-order valence-corrected chi connectivity index (χ3v) is 6.51. The Morgan fingerprint density at radius 3 is 2.55 bits per heavy atom.